The van der Waals surface area contributed by atoms with Gasteiger partial charge in [0.25, 0.3) is 5.91 Å². The molecule has 1 amide bonds. The summed E-state index contributed by atoms with van der Waals surface area (Å²) in [5, 5.41) is 3.49. The van der Waals surface area contributed by atoms with Crippen LogP contribution in [0.3, 0.4) is 0 Å². The molecule has 3 rings (SSSR count). The van der Waals surface area contributed by atoms with Crippen LogP contribution in [0, 0.1) is 11.8 Å². The SMILES string of the molecule is CCCN(CC)CCCn1c(Nc2ccc(C(=O)CC)cc2)nc2ccc(C(=O)N(CCC(C)C)CCC(C)C)cc21. The number of fused-ring (bicyclic) bond motifs is 1. The van der Waals surface area contributed by atoms with E-state index in [0.717, 1.165) is 93.2 Å². The lowest BCUT2D eigenvalue weighted by Gasteiger charge is -2.25. The number of rotatable bonds is 18. The number of aromatic nitrogens is 2. The van der Waals surface area contributed by atoms with Crippen molar-refractivity contribution in [2.24, 2.45) is 11.8 Å². The lowest BCUT2D eigenvalue weighted by molar-refractivity contribution is 0.0740. The second kappa shape index (κ2) is 16.4. The molecule has 0 unspecified atom stereocenters. The summed E-state index contributed by atoms with van der Waals surface area (Å²) < 4.78 is 2.21. The van der Waals surface area contributed by atoms with Crippen LogP contribution in [0.1, 0.15) is 101 Å². The molecule has 2 aromatic carbocycles. The molecule has 3 aromatic rings. The molecule has 0 atom stereocenters. The molecular formula is C35H53N5O2. The maximum atomic E-state index is 13.8. The van der Waals surface area contributed by atoms with Gasteiger partial charge in [0, 0.05) is 42.9 Å². The number of hydrogen-bond donors (Lipinski definition) is 1. The van der Waals surface area contributed by atoms with Gasteiger partial charge in [0.05, 0.1) is 11.0 Å². The average Bonchev–Trinajstić information content (AvgIpc) is 3.31. The fourth-order valence-corrected chi connectivity index (χ4v) is 5.17. The molecular weight excluding hydrogens is 522 g/mol. The van der Waals surface area contributed by atoms with Crippen LogP contribution < -0.4 is 5.32 Å². The minimum atomic E-state index is 0.0942. The number of aryl methyl sites for hydroxylation is 1. The van der Waals surface area contributed by atoms with Crippen molar-refractivity contribution < 1.29 is 9.59 Å². The van der Waals surface area contributed by atoms with Gasteiger partial charge in [-0.3, -0.25) is 9.59 Å². The van der Waals surface area contributed by atoms with Crippen molar-refractivity contribution in [3.8, 4) is 0 Å². The van der Waals surface area contributed by atoms with E-state index in [9.17, 15) is 9.59 Å². The Labute approximate surface area is 253 Å². The number of imidazole rings is 1. The van der Waals surface area contributed by atoms with Crippen LogP contribution in [0.15, 0.2) is 42.5 Å². The molecule has 0 aliphatic carbocycles. The molecule has 230 valence electrons. The predicted molar refractivity (Wildman–Crippen MR) is 176 cm³/mol. The van der Waals surface area contributed by atoms with Gasteiger partial charge in [-0.25, -0.2) is 4.98 Å². The van der Waals surface area contributed by atoms with Gasteiger partial charge in [0.15, 0.2) is 5.78 Å². The largest absolute Gasteiger partial charge is 0.339 e. The molecule has 0 aliphatic rings. The second-order valence-electron chi connectivity index (χ2n) is 12.2. The quantitative estimate of drug-likeness (QED) is 0.156. The third-order valence-electron chi connectivity index (χ3n) is 7.86. The Morgan fingerprint density at radius 1 is 0.857 bits per heavy atom. The molecule has 0 spiro atoms. The van der Waals surface area contributed by atoms with Gasteiger partial charge in [-0.1, -0.05) is 48.5 Å². The first kappa shape index (κ1) is 33.3. The Bertz CT molecular complexity index is 1270. The number of carbonyl (C=O) groups is 2. The molecule has 1 aromatic heterocycles. The maximum absolute atomic E-state index is 13.8. The van der Waals surface area contributed by atoms with E-state index in [1.165, 1.54) is 0 Å². The molecule has 7 heteroatoms. The molecule has 0 bridgehead atoms. The Morgan fingerprint density at radius 3 is 2.07 bits per heavy atom. The van der Waals surface area contributed by atoms with Gasteiger partial charge in [-0.2, -0.15) is 0 Å². The minimum absolute atomic E-state index is 0.0942. The third kappa shape index (κ3) is 9.41. The molecule has 0 saturated carbocycles. The number of nitrogens with one attached hydrogen (secondary N) is 1. The Morgan fingerprint density at radius 2 is 1.50 bits per heavy atom. The zero-order valence-electron chi connectivity index (χ0n) is 27.1. The first-order valence-electron chi connectivity index (χ1n) is 16.1. The summed E-state index contributed by atoms with van der Waals surface area (Å²) in [7, 11) is 0. The van der Waals surface area contributed by atoms with Crippen molar-refractivity contribution >= 4 is 34.4 Å². The number of amides is 1. The highest BCUT2D eigenvalue weighted by atomic mass is 16.2. The van der Waals surface area contributed by atoms with Crippen molar-refractivity contribution in [2.45, 2.75) is 87.1 Å². The number of ketones is 1. The fraction of sp³-hybridized carbons (Fsp3) is 0.571. The second-order valence-corrected chi connectivity index (χ2v) is 12.2. The van der Waals surface area contributed by atoms with Gasteiger partial charge in [0.2, 0.25) is 5.95 Å². The molecule has 0 aliphatic heterocycles. The number of anilines is 2. The average molecular weight is 576 g/mol. The fourth-order valence-electron chi connectivity index (χ4n) is 5.17. The van der Waals surface area contributed by atoms with Gasteiger partial charge < -0.3 is 19.7 Å². The third-order valence-corrected chi connectivity index (χ3v) is 7.86. The van der Waals surface area contributed by atoms with Gasteiger partial charge in [0.1, 0.15) is 0 Å². The van der Waals surface area contributed by atoms with E-state index in [1.54, 1.807) is 0 Å². The lowest BCUT2D eigenvalue weighted by atomic mass is 10.1. The van der Waals surface area contributed by atoms with Crippen LogP contribution in [-0.2, 0) is 6.54 Å². The first-order valence-corrected chi connectivity index (χ1v) is 16.1. The molecule has 1 heterocycles. The molecule has 7 nitrogen and oxygen atoms in total. The van der Waals surface area contributed by atoms with E-state index in [2.05, 4.69) is 56.3 Å². The normalized spacial score (nSPS) is 11.7. The van der Waals surface area contributed by atoms with E-state index in [1.807, 2.05) is 54.3 Å². The van der Waals surface area contributed by atoms with E-state index in [0.29, 0.717) is 23.8 Å². The molecule has 42 heavy (non-hydrogen) atoms. The zero-order valence-corrected chi connectivity index (χ0v) is 27.1. The number of hydrogen-bond acceptors (Lipinski definition) is 5. The highest BCUT2D eigenvalue weighted by Gasteiger charge is 2.19. The zero-order chi connectivity index (χ0) is 30.6. The highest BCUT2D eigenvalue weighted by Crippen LogP contribution is 2.26. The Balaban J connectivity index is 1.94. The Hall–Kier alpha value is -3.19. The summed E-state index contributed by atoms with van der Waals surface area (Å²) in [6.07, 6.45) is 4.59. The standard InChI is InChI=1S/C35H53N5O2/c1-8-20-38(10-3)21-11-22-40-32-25-29(34(42)39(23-18-26(4)5)24-19-27(6)7)14-17-31(32)37-35(40)36-30-15-12-28(13-16-30)33(41)9-2/h12-17,25-27H,8-11,18-24H2,1-7H3,(H,36,37). The van der Waals surface area contributed by atoms with Crippen LogP contribution in [0.4, 0.5) is 11.6 Å². The topological polar surface area (TPSA) is 70.5 Å². The monoisotopic (exact) mass is 575 g/mol. The number of carbonyl (C=O) groups excluding carboxylic acids is 2. The minimum Gasteiger partial charge on any atom is -0.339 e. The maximum Gasteiger partial charge on any atom is 0.253 e. The van der Waals surface area contributed by atoms with Crippen molar-refractivity contribution in [1.29, 1.82) is 0 Å². The Kier molecular flexibility index (Phi) is 13.0. The summed E-state index contributed by atoms with van der Waals surface area (Å²) in [5.41, 5.74) is 4.14. The summed E-state index contributed by atoms with van der Waals surface area (Å²) in [6, 6.07) is 13.5. The van der Waals surface area contributed by atoms with Crippen LogP contribution in [-0.4, -0.2) is 63.8 Å². The molecule has 1 N–H and O–H groups in total. The molecule has 0 fully saturated rings. The van der Waals surface area contributed by atoms with E-state index in [-0.39, 0.29) is 11.7 Å². The van der Waals surface area contributed by atoms with Crippen LogP contribution in [0.5, 0.6) is 0 Å². The van der Waals surface area contributed by atoms with Gasteiger partial charge in [-0.15, -0.1) is 0 Å². The highest BCUT2D eigenvalue weighted by molar-refractivity contribution is 5.98. The summed E-state index contributed by atoms with van der Waals surface area (Å²) in [4.78, 5) is 35.4. The summed E-state index contributed by atoms with van der Waals surface area (Å²) in [6.45, 7) is 20.6. The number of benzene rings is 2. The predicted octanol–water partition coefficient (Wildman–Crippen LogP) is 8.03. The van der Waals surface area contributed by atoms with E-state index < -0.39 is 0 Å². The van der Waals surface area contributed by atoms with Crippen LogP contribution in [0.25, 0.3) is 11.0 Å². The van der Waals surface area contributed by atoms with Crippen molar-refractivity contribution in [3.05, 3.63) is 53.6 Å². The molecule has 0 saturated heterocycles. The summed E-state index contributed by atoms with van der Waals surface area (Å²) in [5.74, 6) is 2.06. The van der Waals surface area contributed by atoms with Gasteiger partial charge >= 0.3 is 0 Å². The van der Waals surface area contributed by atoms with Crippen molar-refractivity contribution in [2.75, 3.05) is 38.0 Å². The smallest absolute Gasteiger partial charge is 0.253 e. The first-order chi connectivity index (χ1) is 20.2. The van der Waals surface area contributed by atoms with E-state index >= 15 is 0 Å². The van der Waals surface area contributed by atoms with Gasteiger partial charge in [-0.05, 0) is 99.6 Å². The molecule has 0 radical (unpaired) electrons. The van der Waals surface area contributed by atoms with Crippen molar-refractivity contribution in [1.82, 2.24) is 19.4 Å². The number of Topliss-reactive ketones (excluding diaryl/α,β-unsaturated/α-hetero) is 1. The summed E-state index contributed by atoms with van der Waals surface area (Å²) >= 11 is 0. The lowest BCUT2D eigenvalue weighted by Crippen LogP contribution is -2.34. The van der Waals surface area contributed by atoms with Crippen LogP contribution >= 0.6 is 0 Å². The van der Waals surface area contributed by atoms with E-state index in [4.69, 9.17) is 4.98 Å². The number of nitrogens with zero attached hydrogens (tertiary/aromatic N) is 4. The van der Waals surface area contributed by atoms with Crippen LogP contribution in [0.2, 0.25) is 0 Å². The van der Waals surface area contributed by atoms with Crippen molar-refractivity contribution in [3.63, 3.8) is 0 Å².